The van der Waals surface area contributed by atoms with Crippen LogP contribution in [0.3, 0.4) is 0 Å². The number of carbonyl (C=O) groups is 3. The lowest BCUT2D eigenvalue weighted by atomic mass is 9.97. The Morgan fingerprint density at radius 2 is 1.69 bits per heavy atom. The number of Topliss-reactive ketones (excluding diaryl/α,β-unsaturated/α-hetero) is 1. The second kappa shape index (κ2) is 11.0. The molecule has 0 heterocycles. The van der Waals surface area contributed by atoms with Crippen molar-refractivity contribution in [3.05, 3.63) is 65.2 Å². The third-order valence-electron chi connectivity index (χ3n) is 4.60. The molecule has 0 aromatic heterocycles. The Kier molecular flexibility index (Phi) is 8.40. The van der Waals surface area contributed by atoms with E-state index in [0.717, 1.165) is 12.0 Å². The van der Waals surface area contributed by atoms with Gasteiger partial charge in [0, 0.05) is 5.56 Å². The average molecular weight is 397 g/mol. The van der Waals surface area contributed by atoms with E-state index in [1.165, 1.54) is 0 Å². The van der Waals surface area contributed by atoms with Crippen LogP contribution in [-0.4, -0.2) is 37.4 Å². The second-order valence-corrected chi connectivity index (χ2v) is 6.63. The van der Waals surface area contributed by atoms with Crippen LogP contribution >= 0.6 is 0 Å². The summed E-state index contributed by atoms with van der Waals surface area (Å²) in [7, 11) is 0. The second-order valence-electron chi connectivity index (χ2n) is 6.63. The van der Waals surface area contributed by atoms with Crippen molar-refractivity contribution in [1.29, 1.82) is 0 Å². The molecule has 154 valence electrons. The summed E-state index contributed by atoms with van der Waals surface area (Å²) in [5, 5.41) is 2.48. The van der Waals surface area contributed by atoms with Crippen molar-refractivity contribution in [2.75, 3.05) is 19.8 Å². The first-order valence-corrected chi connectivity index (χ1v) is 9.75. The number of nitrogens with one attached hydrogen (secondary N) is 1. The fraction of sp³-hybridized carbons (Fsp3) is 0.348. The van der Waals surface area contributed by atoms with E-state index in [4.69, 9.17) is 9.47 Å². The number of ether oxygens (including phenoxy) is 2. The van der Waals surface area contributed by atoms with Gasteiger partial charge in [-0.1, -0.05) is 50.2 Å². The Hall–Kier alpha value is -3.15. The molecule has 0 saturated carbocycles. The highest BCUT2D eigenvalue weighted by Gasteiger charge is 2.15. The number of benzene rings is 2. The number of para-hydroxylation sites is 1. The van der Waals surface area contributed by atoms with Gasteiger partial charge < -0.3 is 14.8 Å². The monoisotopic (exact) mass is 397 g/mol. The predicted octanol–water partition coefficient (Wildman–Crippen LogP) is 3.75. The molecule has 6 heteroatoms. The molecule has 1 atom stereocenters. The third kappa shape index (κ3) is 6.45. The maximum Gasteiger partial charge on any atom is 0.325 e. The quantitative estimate of drug-likeness (QED) is 0.488. The van der Waals surface area contributed by atoms with E-state index in [1.807, 2.05) is 19.1 Å². The third-order valence-corrected chi connectivity index (χ3v) is 4.60. The van der Waals surface area contributed by atoms with Gasteiger partial charge in [-0.15, -0.1) is 0 Å². The van der Waals surface area contributed by atoms with E-state index in [9.17, 15) is 14.4 Å². The molecule has 0 spiro atoms. The Balaban J connectivity index is 1.82. The van der Waals surface area contributed by atoms with Crippen molar-refractivity contribution >= 4 is 17.7 Å². The molecule has 0 radical (unpaired) electrons. The van der Waals surface area contributed by atoms with Crippen molar-refractivity contribution in [1.82, 2.24) is 5.32 Å². The Morgan fingerprint density at radius 3 is 2.34 bits per heavy atom. The average Bonchev–Trinajstić information content (AvgIpc) is 2.76. The van der Waals surface area contributed by atoms with Gasteiger partial charge in [0.15, 0.2) is 12.4 Å². The number of amides is 1. The summed E-state index contributed by atoms with van der Waals surface area (Å²) in [5.74, 6) is -0.554. The molecule has 29 heavy (non-hydrogen) atoms. The Morgan fingerprint density at radius 1 is 1.00 bits per heavy atom. The number of carbonyl (C=O) groups excluding carboxylic acids is 3. The number of rotatable bonds is 10. The molecule has 0 fully saturated rings. The summed E-state index contributed by atoms with van der Waals surface area (Å²) in [4.78, 5) is 36.3. The van der Waals surface area contributed by atoms with Gasteiger partial charge in [0.1, 0.15) is 12.3 Å². The van der Waals surface area contributed by atoms with Crippen molar-refractivity contribution in [3.63, 3.8) is 0 Å². The first-order chi connectivity index (χ1) is 14.0. The lowest BCUT2D eigenvalue weighted by Gasteiger charge is -2.11. The molecule has 2 aromatic rings. The fourth-order valence-corrected chi connectivity index (χ4v) is 2.70. The minimum absolute atomic E-state index is 0.290. The molecule has 0 aliphatic heterocycles. The molecule has 6 nitrogen and oxygen atoms in total. The van der Waals surface area contributed by atoms with Gasteiger partial charge in [0.05, 0.1) is 12.2 Å². The van der Waals surface area contributed by atoms with Crippen molar-refractivity contribution in [3.8, 4) is 5.75 Å². The molecule has 0 unspecified atom stereocenters. The van der Waals surface area contributed by atoms with Crippen LogP contribution in [0.15, 0.2) is 48.5 Å². The smallest absolute Gasteiger partial charge is 0.325 e. The largest absolute Gasteiger partial charge is 0.493 e. The molecule has 0 saturated heterocycles. The van der Waals surface area contributed by atoms with Crippen LogP contribution in [0.1, 0.15) is 59.4 Å². The van der Waals surface area contributed by atoms with Crippen molar-refractivity contribution in [2.24, 2.45) is 0 Å². The van der Waals surface area contributed by atoms with Gasteiger partial charge in [-0.05, 0) is 37.0 Å². The minimum atomic E-state index is -0.684. The number of ketones is 1. The standard InChI is InChI=1S/C23H27NO5/c1-4-16(3)17-10-12-18(13-11-17)20(25)15-29-22(26)14-24-23(27)19-8-6-7-9-21(19)28-5-2/h6-13,16H,4-5,14-15H2,1-3H3,(H,24,27)/t16-/m0/s1. The predicted molar refractivity (Wildman–Crippen MR) is 110 cm³/mol. The summed E-state index contributed by atoms with van der Waals surface area (Å²) in [6, 6.07) is 14.1. The number of esters is 1. The normalized spacial score (nSPS) is 11.4. The van der Waals surface area contributed by atoms with E-state index < -0.39 is 11.9 Å². The number of hydrogen-bond acceptors (Lipinski definition) is 5. The summed E-state index contributed by atoms with van der Waals surface area (Å²) in [6.45, 7) is 5.78. The molecule has 2 rings (SSSR count). The zero-order valence-corrected chi connectivity index (χ0v) is 17.1. The van der Waals surface area contributed by atoms with E-state index in [0.29, 0.717) is 29.4 Å². The summed E-state index contributed by atoms with van der Waals surface area (Å²) < 4.78 is 10.4. The number of hydrogen-bond donors (Lipinski definition) is 1. The lowest BCUT2D eigenvalue weighted by Crippen LogP contribution is -2.31. The van der Waals surface area contributed by atoms with E-state index >= 15 is 0 Å². The topological polar surface area (TPSA) is 81.7 Å². The van der Waals surface area contributed by atoms with Gasteiger partial charge in [0.2, 0.25) is 0 Å². The van der Waals surface area contributed by atoms with E-state index in [-0.39, 0.29) is 18.9 Å². The van der Waals surface area contributed by atoms with Crippen LogP contribution in [-0.2, 0) is 9.53 Å². The fourth-order valence-electron chi connectivity index (χ4n) is 2.70. The molecule has 2 aromatic carbocycles. The first-order valence-electron chi connectivity index (χ1n) is 9.75. The van der Waals surface area contributed by atoms with Gasteiger partial charge in [-0.25, -0.2) is 0 Å². The lowest BCUT2D eigenvalue weighted by molar-refractivity contribution is -0.141. The van der Waals surface area contributed by atoms with Gasteiger partial charge >= 0.3 is 5.97 Å². The van der Waals surface area contributed by atoms with Crippen LogP contribution in [0.25, 0.3) is 0 Å². The summed E-state index contributed by atoms with van der Waals surface area (Å²) in [5.41, 5.74) is 1.98. The molecule has 0 aliphatic carbocycles. The molecule has 0 bridgehead atoms. The van der Waals surface area contributed by atoms with E-state index in [1.54, 1.807) is 36.4 Å². The zero-order chi connectivity index (χ0) is 21.2. The minimum Gasteiger partial charge on any atom is -0.493 e. The highest BCUT2D eigenvalue weighted by molar-refractivity contribution is 5.99. The van der Waals surface area contributed by atoms with Crippen LogP contribution in [0.2, 0.25) is 0 Å². The molecule has 0 aliphatic rings. The highest BCUT2D eigenvalue weighted by atomic mass is 16.5. The van der Waals surface area contributed by atoms with Gasteiger partial charge in [0.25, 0.3) is 5.91 Å². The molecular formula is C23H27NO5. The van der Waals surface area contributed by atoms with E-state index in [2.05, 4.69) is 19.2 Å². The molecule has 1 amide bonds. The first kappa shape index (κ1) is 22.1. The van der Waals surface area contributed by atoms with Crippen LogP contribution in [0, 0.1) is 0 Å². The van der Waals surface area contributed by atoms with Crippen LogP contribution in [0.4, 0.5) is 0 Å². The van der Waals surface area contributed by atoms with Gasteiger partial charge in [-0.3, -0.25) is 14.4 Å². The molecule has 1 N–H and O–H groups in total. The Bertz CT molecular complexity index is 845. The van der Waals surface area contributed by atoms with Crippen LogP contribution < -0.4 is 10.1 Å². The SMILES string of the molecule is CCOc1ccccc1C(=O)NCC(=O)OCC(=O)c1ccc([C@@H](C)CC)cc1. The maximum atomic E-state index is 12.3. The van der Waals surface area contributed by atoms with Crippen LogP contribution in [0.5, 0.6) is 5.75 Å². The highest BCUT2D eigenvalue weighted by Crippen LogP contribution is 2.19. The Labute approximate surface area is 171 Å². The summed E-state index contributed by atoms with van der Waals surface area (Å²) in [6.07, 6.45) is 1.02. The van der Waals surface area contributed by atoms with Crippen molar-refractivity contribution in [2.45, 2.75) is 33.1 Å². The summed E-state index contributed by atoms with van der Waals surface area (Å²) >= 11 is 0. The zero-order valence-electron chi connectivity index (χ0n) is 17.1. The molecular weight excluding hydrogens is 370 g/mol. The maximum absolute atomic E-state index is 12.3. The van der Waals surface area contributed by atoms with Gasteiger partial charge in [-0.2, -0.15) is 0 Å². The van der Waals surface area contributed by atoms with Crippen molar-refractivity contribution < 1.29 is 23.9 Å².